The number of likely N-dealkylation sites (N-methyl/N-ethyl adjacent to an activating group) is 1. The lowest BCUT2D eigenvalue weighted by Crippen LogP contribution is -2.45. The first-order valence-corrected chi connectivity index (χ1v) is 6.52. The Morgan fingerprint density at radius 2 is 2.00 bits per heavy atom. The molecular formula is C14H20N2OS. The number of carbonyl (C=O) groups excluding carboxylic acids is 1. The minimum atomic E-state index is -0.0267. The molecule has 1 N–H and O–H groups in total. The SMILES string of the molecule is CC[C@@H](C(=S)NCc1ccccc1)N(C)C(C)=O. The van der Waals surface area contributed by atoms with Crippen molar-refractivity contribution in [2.75, 3.05) is 7.05 Å². The molecule has 1 aromatic rings. The highest BCUT2D eigenvalue weighted by Gasteiger charge is 2.19. The lowest BCUT2D eigenvalue weighted by molar-refractivity contribution is -0.128. The first kappa shape index (κ1) is 14.6. The van der Waals surface area contributed by atoms with E-state index in [1.807, 2.05) is 37.3 Å². The second kappa shape index (κ2) is 7.11. The van der Waals surface area contributed by atoms with E-state index in [0.717, 1.165) is 11.4 Å². The maximum Gasteiger partial charge on any atom is 0.219 e. The summed E-state index contributed by atoms with van der Waals surface area (Å²) in [6.07, 6.45) is 0.816. The highest BCUT2D eigenvalue weighted by atomic mass is 32.1. The predicted molar refractivity (Wildman–Crippen MR) is 78.4 cm³/mol. The Hall–Kier alpha value is -1.42. The first-order valence-electron chi connectivity index (χ1n) is 6.11. The molecule has 1 amide bonds. The molecule has 0 aliphatic heterocycles. The molecule has 0 fully saturated rings. The van der Waals surface area contributed by atoms with Crippen LogP contribution in [0.4, 0.5) is 0 Å². The summed E-state index contributed by atoms with van der Waals surface area (Å²) >= 11 is 5.36. The van der Waals surface area contributed by atoms with Crippen LogP contribution in [-0.2, 0) is 11.3 Å². The van der Waals surface area contributed by atoms with Gasteiger partial charge in [-0.05, 0) is 12.0 Å². The molecule has 0 saturated heterocycles. The number of benzene rings is 1. The summed E-state index contributed by atoms with van der Waals surface area (Å²) in [5.41, 5.74) is 1.18. The normalized spacial score (nSPS) is 11.7. The highest BCUT2D eigenvalue weighted by molar-refractivity contribution is 7.80. The van der Waals surface area contributed by atoms with Gasteiger partial charge < -0.3 is 10.2 Å². The lowest BCUT2D eigenvalue weighted by atomic mass is 10.1. The zero-order valence-corrected chi connectivity index (χ0v) is 12.0. The molecule has 0 aliphatic carbocycles. The Morgan fingerprint density at radius 1 is 1.39 bits per heavy atom. The number of carbonyl (C=O) groups is 1. The topological polar surface area (TPSA) is 32.3 Å². The van der Waals surface area contributed by atoms with Crippen LogP contribution in [0.25, 0.3) is 0 Å². The fraction of sp³-hybridized carbons (Fsp3) is 0.429. The number of nitrogens with zero attached hydrogens (tertiary/aromatic N) is 1. The summed E-state index contributed by atoms with van der Waals surface area (Å²) in [7, 11) is 1.78. The quantitative estimate of drug-likeness (QED) is 0.829. The van der Waals surface area contributed by atoms with Crippen molar-refractivity contribution < 1.29 is 4.79 Å². The van der Waals surface area contributed by atoms with Crippen LogP contribution < -0.4 is 5.32 Å². The third-order valence-electron chi connectivity index (χ3n) is 2.96. The van der Waals surface area contributed by atoms with E-state index in [-0.39, 0.29) is 11.9 Å². The molecular weight excluding hydrogens is 244 g/mol. The van der Waals surface area contributed by atoms with E-state index in [9.17, 15) is 4.79 Å². The Kier molecular flexibility index (Phi) is 5.78. The van der Waals surface area contributed by atoms with Crippen molar-refractivity contribution in [1.82, 2.24) is 10.2 Å². The molecule has 3 nitrogen and oxygen atoms in total. The molecule has 0 aromatic heterocycles. The van der Waals surface area contributed by atoms with E-state index in [1.54, 1.807) is 18.9 Å². The van der Waals surface area contributed by atoms with E-state index in [1.165, 1.54) is 5.56 Å². The van der Waals surface area contributed by atoms with Crippen LogP contribution in [0, 0.1) is 0 Å². The van der Waals surface area contributed by atoms with Crippen molar-refractivity contribution in [3.8, 4) is 0 Å². The standard InChI is InChI=1S/C14H20N2OS/c1-4-13(16(3)11(2)17)14(18)15-10-12-8-6-5-7-9-12/h5-9,13H,4,10H2,1-3H3,(H,15,18)/t13-/m0/s1. The number of hydrogen-bond acceptors (Lipinski definition) is 2. The summed E-state index contributed by atoms with van der Waals surface area (Å²) in [4.78, 5) is 13.8. The molecule has 1 atom stereocenters. The third-order valence-corrected chi connectivity index (χ3v) is 3.38. The van der Waals surface area contributed by atoms with Crippen LogP contribution in [-0.4, -0.2) is 28.9 Å². The smallest absolute Gasteiger partial charge is 0.219 e. The van der Waals surface area contributed by atoms with Gasteiger partial charge in [0.05, 0.1) is 11.0 Å². The minimum absolute atomic E-state index is 0.0267. The Bertz CT molecular complexity index is 406. The highest BCUT2D eigenvalue weighted by Crippen LogP contribution is 2.05. The van der Waals surface area contributed by atoms with Crippen LogP contribution >= 0.6 is 12.2 Å². The van der Waals surface area contributed by atoms with E-state index in [2.05, 4.69) is 5.32 Å². The van der Waals surface area contributed by atoms with Crippen LogP contribution in [0.2, 0.25) is 0 Å². The average Bonchev–Trinajstić information content (AvgIpc) is 2.38. The number of thiocarbonyl (C=S) groups is 1. The molecule has 1 aromatic carbocycles. The molecule has 4 heteroatoms. The maximum atomic E-state index is 11.4. The van der Waals surface area contributed by atoms with Gasteiger partial charge in [-0.15, -0.1) is 0 Å². The van der Waals surface area contributed by atoms with E-state index in [4.69, 9.17) is 12.2 Å². The van der Waals surface area contributed by atoms with Gasteiger partial charge in [-0.25, -0.2) is 0 Å². The number of amides is 1. The fourth-order valence-corrected chi connectivity index (χ4v) is 2.15. The molecule has 98 valence electrons. The van der Waals surface area contributed by atoms with Gasteiger partial charge in [0, 0.05) is 20.5 Å². The van der Waals surface area contributed by atoms with Crippen LogP contribution in [0.3, 0.4) is 0 Å². The van der Waals surface area contributed by atoms with Crippen molar-refractivity contribution in [2.45, 2.75) is 32.9 Å². The Balaban J connectivity index is 2.56. The van der Waals surface area contributed by atoms with Gasteiger partial charge in [0.2, 0.25) is 5.91 Å². The van der Waals surface area contributed by atoms with E-state index >= 15 is 0 Å². The lowest BCUT2D eigenvalue weighted by Gasteiger charge is -2.27. The fourth-order valence-electron chi connectivity index (χ4n) is 1.76. The molecule has 0 heterocycles. The molecule has 0 bridgehead atoms. The second-order valence-corrected chi connectivity index (χ2v) is 4.70. The maximum absolute atomic E-state index is 11.4. The van der Waals surface area contributed by atoms with Gasteiger partial charge in [0.1, 0.15) is 0 Å². The van der Waals surface area contributed by atoms with Crippen LogP contribution in [0.1, 0.15) is 25.8 Å². The summed E-state index contributed by atoms with van der Waals surface area (Å²) in [5, 5.41) is 3.22. The van der Waals surface area contributed by atoms with Gasteiger partial charge in [-0.3, -0.25) is 4.79 Å². The Labute approximate surface area is 114 Å². The van der Waals surface area contributed by atoms with Gasteiger partial charge in [0.25, 0.3) is 0 Å². The summed E-state index contributed by atoms with van der Waals surface area (Å²) in [6.45, 7) is 4.28. The first-order chi connectivity index (χ1) is 8.56. The van der Waals surface area contributed by atoms with Gasteiger partial charge in [-0.1, -0.05) is 49.5 Å². The molecule has 1 rings (SSSR count). The van der Waals surface area contributed by atoms with Crippen molar-refractivity contribution in [3.05, 3.63) is 35.9 Å². The summed E-state index contributed by atoms with van der Waals surface area (Å²) < 4.78 is 0. The largest absolute Gasteiger partial charge is 0.374 e. The summed E-state index contributed by atoms with van der Waals surface area (Å²) in [6, 6.07) is 10.1. The molecule has 0 unspecified atom stereocenters. The number of nitrogens with one attached hydrogen (secondary N) is 1. The van der Waals surface area contributed by atoms with Crippen LogP contribution in [0.15, 0.2) is 30.3 Å². The number of rotatable bonds is 5. The van der Waals surface area contributed by atoms with Gasteiger partial charge in [-0.2, -0.15) is 0 Å². The number of hydrogen-bond donors (Lipinski definition) is 1. The van der Waals surface area contributed by atoms with Crippen molar-refractivity contribution in [3.63, 3.8) is 0 Å². The molecule has 0 spiro atoms. The molecule has 18 heavy (non-hydrogen) atoms. The molecule has 0 saturated carbocycles. The monoisotopic (exact) mass is 264 g/mol. The predicted octanol–water partition coefficient (Wildman–Crippen LogP) is 2.36. The van der Waals surface area contributed by atoms with E-state index in [0.29, 0.717) is 6.54 Å². The van der Waals surface area contributed by atoms with E-state index < -0.39 is 0 Å². The average molecular weight is 264 g/mol. The summed E-state index contributed by atoms with van der Waals surface area (Å²) in [5.74, 6) is 0.0331. The van der Waals surface area contributed by atoms with Crippen LogP contribution in [0.5, 0.6) is 0 Å². The van der Waals surface area contributed by atoms with Crippen molar-refractivity contribution in [1.29, 1.82) is 0 Å². The van der Waals surface area contributed by atoms with Crippen molar-refractivity contribution in [2.24, 2.45) is 0 Å². The minimum Gasteiger partial charge on any atom is -0.374 e. The molecule has 0 radical (unpaired) electrons. The zero-order valence-electron chi connectivity index (χ0n) is 11.1. The Morgan fingerprint density at radius 3 is 2.50 bits per heavy atom. The second-order valence-electron chi connectivity index (χ2n) is 4.26. The zero-order chi connectivity index (χ0) is 13.5. The van der Waals surface area contributed by atoms with Gasteiger partial charge in [0.15, 0.2) is 0 Å². The third kappa shape index (κ3) is 4.11. The van der Waals surface area contributed by atoms with Crippen molar-refractivity contribution >= 4 is 23.1 Å². The molecule has 0 aliphatic rings. The van der Waals surface area contributed by atoms with Gasteiger partial charge >= 0.3 is 0 Å².